The molecule has 0 spiro atoms. The van der Waals surface area contributed by atoms with Crippen LogP contribution < -0.4 is 4.90 Å². The van der Waals surface area contributed by atoms with Crippen LogP contribution in [0.4, 0.5) is 17.1 Å². The van der Waals surface area contributed by atoms with E-state index in [0.29, 0.717) is 0 Å². The Morgan fingerprint density at radius 3 is 1.80 bits per heavy atom. The standard InChI is InChI=1S/C38H25NO/c1-3-12-30(13-4-1)39(31-14-5-2-6-15-31)32-16-9-11-27(22-32)28-20-21-34-36-23-29-19-18-26-10-7-8-17-33(26)35(29)25-38(36)40-37(34)24-28/h1-25H. The Bertz CT molecular complexity index is 2120. The minimum Gasteiger partial charge on any atom is -0.456 e. The third kappa shape index (κ3) is 3.73. The average molecular weight is 512 g/mol. The summed E-state index contributed by atoms with van der Waals surface area (Å²) in [5, 5.41) is 7.23. The summed E-state index contributed by atoms with van der Waals surface area (Å²) in [6.07, 6.45) is 0. The number of para-hydroxylation sites is 2. The molecule has 0 aliphatic rings. The summed E-state index contributed by atoms with van der Waals surface area (Å²) in [6.45, 7) is 0. The lowest BCUT2D eigenvalue weighted by Gasteiger charge is -2.25. The minimum absolute atomic E-state index is 0.903. The number of rotatable bonds is 4. The van der Waals surface area contributed by atoms with Gasteiger partial charge in [0.05, 0.1) is 0 Å². The first-order valence-corrected chi connectivity index (χ1v) is 13.6. The van der Waals surface area contributed by atoms with Gasteiger partial charge >= 0.3 is 0 Å². The van der Waals surface area contributed by atoms with Crippen LogP contribution >= 0.6 is 0 Å². The van der Waals surface area contributed by atoms with E-state index >= 15 is 0 Å². The Labute approximate surface area is 232 Å². The van der Waals surface area contributed by atoms with Crippen molar-refractivity contribution in [3.05, 3.63) is 152 Å². The van der Waals surface area contributed by atoms with E-state index in [-0.39, 0.29) is 0 Å². The van der Waals surface area contributed by atoms with Crippen molar-refractivity contribution in [2.45, 2.75) is 0 Å². The quantitative estimate of drug-likeness (QED) is 0.218. The van der Waals surface area contributed by atoms with Gasteiger partial charge in [0.15, 0.2) is 0 Å². The van der Waals surface area contributed by atoms with Crippen LogP contribution in [-0.2, 0) is 0 Å². The molecule has 0 aliphatic heterocycles. The Balaban J connectivity index is 1.25. The maximum absolute atomic E-state index is 6.48. The molecule has 0 saturated carbocycles. The summed E-state index contributed by atoms with van der Waals surface area (Å²) in [4.78, 5) is 2.29. The Morgan fingerprint density at radius 1 is 0.350 bits per heavy atom. The molecule has 0 atom stereocenters. The zero-order chi connectivity index (χ0) is 26.5. The summed E-state index contributed by atoms with van der Waals surface area (Å²) in [5.41, 5.74) is 7.45. The van der Waals surface area contributed by atoms with Crippen LogP contribution in [-0.4, -0.2) is 0 Å². The van der Waals surface area contributed by atoms with Crippen molar-refractivity contribution in [3.63, 3.8) is 0 Å². The van der Waals surface area contributed by atoms with Crippen molar-refractivity contribution in [2.24, 2.45) is 0 Å². The fourth-order valence-electron chi connectivity index (χ4n) is 5.88. The molecular formula is C38H25NO. The molecule has 2 heteroatoms. The highest BCUT2D eigenvalue weighted by Crippen LogP contribution is 2.39. The molecule has 1 heterocycles. The van der Waals surface area contributed by atoms with Gasteiger partial charge in [0.1, 0.15) is 11.2 Å². The van der Waals surface area contributed by atoms with Crippen LogP contribution in [0, 0.1) is 0 Å². The Hall–Kier alpha value is -5.34. The molecule has 188 valence electrons. The number of anilines is 3. The predicted octanol–water partition coefficient (Wildman–Crippen LogP) is 11.0. The topological polar surface area (TPSA) is 16.4 Å². The van der Waals surface area contributed by atoms with Crippen molar-refractivity contribution in [3.8, 4) is 11.1 Å². The van der Waals surface area contributed by atoms with E-state index in [4.69, 9.17) is 4.42 Å². The third-order valence-electron chi connectivity index (χ3n) is 7.80. The summed E-state index contributed by atoms with van der Waals surface area (Å²) >= 11 is 0. The summed E-state index contributed by atoms with van der Waals surface area (Å²) in [7, 11) is 0. The lowest BCUT2D eigenvalue weighted by atomic mass is 9.99. The Kier molecular flexibility index (Phi) is 5.17. The first-order chi connectivity index (χ1) is 19.8. The summed E-state index contributed by atoms with van der Waals surface area (Å²) in [5.74, 6) is 0. The number of nitrogens with zero attached hydrogens (tertiary/aromatic N) is 1. The molecule has 0 N–H and O–H groups in total. The number of hydrogen-bond donors (Lipinski definition) is 0. The highest BCUT2D eigenvalue weighted by atomic mass is 16.3. The molecule has 2 nitrogen and oxygen atoms in total. The van der Waals surface area contributed by atoms with Gasteiger partial charge in [-0.2, -0.15) is 0 Å². The maximum Gasteiger partial charge on any atom is 0.136 e. The molecule has 0 unspecified atom stereocenters. The number of benzene rings is 7. The zero-order valence-electron chi connectivity index (χ0n) is 21.8. The van der Waals surface area contributed by atoms with Crippen LogP contribution in [0.5, 0.6) is 0 Å². The summed E-state index contributed by atoms with van der Waals surface area (Å²) < 4.78 is 6.48. The van der Waals surface area contributed by atoms with Crippen molar-refractivity contribution in [2.75, 3.05) is 4.90 Å². The molecular weight excluding hydrogens is 486 g/mol. The zero-order valence-corrected chi connectivity index (χ0v) is 21.8. The fraction of sp³-hybridized carbons (Fsp3) is 0. The van der Waals surface area contributed by atoms with Crippen LogP contribution in [0.2, 0.25) is 0 Å². The van der Waals surface area contributed by atoms with Gasteiger partial charge in [-0.3, -0.25) is 0 Å². The van der Waals surface area contributed by atoms with Gasteiger partial charge in [0.2, 0.25) is 0 Å². The number of hydrogen-bond acceptors (Lipinski definition) is 2. The lowest BCUT2D eigenvalue weighted by Crippen LogP contribution is -2.09. The van der Waals surface area contributed by atoms with Gasteiger partial charge in [-0.25, -0.2) is 0 Å². The maximum atomic E-state index is 6.48. The molecule has 0 saturated heterocycles. The van der Waals surface area contributed by atoms with E-state index in [0.717, 1.165) is 50.1 Å². The first kappa shape index (κ1) is 22.6. The van der Waals surface area contributed by atoms with E-state index in [1.165, 1.54) is 21.5 Å². The second kappa shape index (κ2) is 9.14. The molecule has 40 heavy (non-hydrogen) atoms. The van der Waals surface area contributed by atoms with Crippen LogP contribution in [0.1, 0.15) is 0 Å². The minimum atomic E-state index is 0.903. The molecule has 0 fully saturated rings. The SMILES string of the molecule is c1ccc(N(c2ccccc2)c2cccc(-c3ccc4c(c3)oc3cc5c(ccc6ccccc65)cc34)c2)cc1. The highest BCUT2D eigenvalue weighted by Gasteiger charge is 2.14. The molecule has 1 aromatic heterocycles. The van der Waals surface area contributed by atoms with Crippen LogP contribution in [0.25, 0.3) is 54.6 Å². The molecule has 0 aliphatic carbocycles. The monoisotopic (exact) mass is 511 g/mol. The van der Waals surface area contributed by atoms with Crippen LogP contribution in [0.15, 0.2) is 156 Å². The molecule has 8 aromatic rings. The van der Waals surface area contributed by atoms with E-state index in [9.17, 15) is 0 Å². The van der Waals surface area contributed by atoms with E-state index < -0.39 is 0 Å². The average Bonchev–Trinajstić information content (AvgIpc) is 3.38. The first-order valence-electron chi connectivity index (χ1n) is 13.6. The third-order valence-corrected chi connectivity index (χ3v) is 7.80. The summed E-state index contributed by atoms with van der Waals surface area (Å²) in [6, 6.07) is 53.7. The van der Waals surface area contributed by atoms with Gasteiger partial charge in [-0.1, -0.05) is 91.0 Å². The normalized spacial score (nSPS) is 11.5. The van der Waals surface area contributed by atoms with Crippen molar-refractivity contribution in [1.29, 1.82) is 0 Å². The molecule has 7 aromatic carbocycles. The van der Waals surface area contributed by atoms with E-state index in [1.54, 1.807) is 0 Å². The second-order valence-corrected chi connectivity index (χ2v) is 10.2. The van der Waals surface area contributed by atoms with Gasteiger partial charge in [-0.15, -0.1) is 0 Å². The van der Waals surface area contributed by atoms with Gasteiger partial charge in [-0.05, 0) is 93.3 Å². The molecule has 0 radical (unpaired) electrons. The second-order valence-electron chi connectivity index (χ2n) is 10.2. The van der Waals surface area contributed by atoms with Crippen LogP contribution in [0.3, 0.4) is 0 Å². The van der Waals surface area contributed by atoms with E-state index in [2.05, 4.69) is 157 Å². The van der Waals surface area contributed by atoms with Gasteiger partial charge in [0, 0.05) is 27.8 Å². The van der Waals surface area contributed by atoms with Gasteiger partial charge < -0.3 is 9.32 Å². The fourth-order valence-corrected chi connectivity index (χ4v) is 5.88. The largest absolute Gasteiger partial charge is 0.456 e. The van der Waals surface area contributed by atoms with Crippen molar-refractivity contribution < 1.29 is 4.42 Å². The number of fused-ring (bicyclic) bond motifs is 6. The van der Waals surface area contributed by atoms with Crippen molar-refractivity contribution >= 4 is 60.5 Å². The van der Waals surface area contributed by atoms with Gasteiger partial charge in [0.25, 0.3) is 0 Å². The predicted molar refractivity (Wildman–Crippen MR) is 169 cm³/mol. The number of furan rings is 1. The molecule has 8 rings (SSSR count). The van der Waals surface area contributed by atoms with E-state index in [1.807, 2.05) is 0 Å². The molecule has 0 bridgehead atoms. The molecule has 0 amide bonds. The van der Waals surface area contributed by atoms with Crippen molar-refractivity contribution in [1.82, 2.24) is 0 Å². The highest BCUT2D eigenvalue weighted by molar-refractivity contribution is 6.16. The lowest BCUT2D eigenvalue weighted by molar-refractivity contribution is 0.669. The smallest absolute Gasteiger partial charge is 0.136 e. The Morgan fingerprint density at radius 2 is 1.00 bits per heavy atom.